The lowest BCUT2D eigenvalue weighted by Crippen LogP contribution is -2.25. The van der Waals surface area contributed by atoms with E-state index in [9.17, 15) is 4.79 Å². The number of benzene rings is 2. The molecular formula is C22H25NO2. The Morgan fingerprint density at radius 1 is 0.960 bits per heavy atom. The van der Waals surface area contributed by atoms with Crippen molar-refractivity contribution >= 4 is 11.7 Å². The summed E-state index contributed by atoms with van der Waals surface area (Å²) < 4.78 is 0. The van der Waals surface area contributed by atoms with Crippen molar-refractivity contribution in [1.82, 2.24) is 0 Å². The second-order valence-corrected chi connectivity index (χ2v) is 6.92. The summed E-state index contributed by atoms with van der Waals surface area (Å²) in [5, 5.41) is 4.26. The van der Waals surface area contributed by atoms with Crippen LogP contribution in [-0.4, -0.2) is 11.7 Å². The van der Waals surface area contributed by atoms with Gasteiger partial charge in [-0.3, -0.25) is 0 Å². The van der Waals surface area contributed by atoms with Gasteiger partial charge < -0.3 is 4.84 Å². The van der Waals surface area contributed by atoms with Gasteiger partial charge in [0, 0.05) is 5.41 Å². The second-order valence-electron chi connectivity index (χ2n) is 6.92. The van der Waals surface area contributed by atoms with Gasteiger partial charge in [-0.25, -0.2) is 4.79 Å². The molecule has 0 saturated heterocycles. The van der Waals surface area contributed by atoms with Crippen LogP contribution in [0.25, 0.3) is 0 Å². The molecule has 0 radical (unpaired) electrons. The van der Waals surface area contributed by atoms with Crippen LogP contribution in [0.5, 0.6) is 0 Å². The Balaban J connectivity index is 2.31. The van der Waals surface area contributed by atoms with Gasteiger partial charge in [-0.05, 0) is 38.0 Å². The summed E-state index contributed by atoms with van der Waals surface area (Å²) in [5.41, 5.74) is 3.18. The number of hydrogen-bond acceptors (Lipinski definition) is 3. The highest BCUT2D eigenvalue weighted by atomic mass is 16.7. The topological polar surface area (TPSA) is 38.7 Å². The van der Waals surface area contributed by atoms with Crippen molar-refractivity contribution in [3.05, 3.63) is 83.4 Å². The summed E-state index contributed by atoms with van der Waals surface area (Å²) in [6.07, 6.45) is 2.99. The fraction of sp³-hybridized carbons (Fsp3) is 0.273. The molecule has 0 fully saturated rings. The van der Waals surface area contributed by atoms with Gasteiger partial charge in [0.25, 0.3) is 0 Å². The molecule has 0 amide bonds. The summed E-state index contributed by atoms with van der Waals surface area (Å²) in [6.45, 7) is 8.36. The summed E-state index contributed by atoms with van der Waals surface area (Å²) in [6, 6.07) is 18.7. The molecule has 0 unspecified atom stereocenters. The molecule has 25 heavy (non-hydrogen) atoms. The molecule has 2 aromatic rings. The van der Waals surface area contributed by atoms with Gasteiger partial charge in [0.15, 0.2) is 0 Å². The van der Waals surface area contributed by atoms with E-state index >= 15 is 0 Å². The van der Waals surface area contributed by atoms with Crippen LogP contribution in [0, 0.1) is 5.41 Å². The van der Waals surface area contributed by atoms with Gasteiger partial charge in [-0.15, -0.1) is 0 Å². The zero-order valence-corrected chi connectivity index (χ0v) is 15.3. The third-order valence-electron chi connectivity index (χ3n) is 3.94. The Morgan fingerprint density at radius 2 is 1.48 bits per heavy atom. The fourth-order valence-electron chi connectivity index (χ4n) is 2.43. The van der Waals surface area contributed by atoms with Crippen LogP contribution in [-0.2, 0) is 4.84 Å². The van der Waals surface area contributed by atoms with Gasteiger partial charge in [0.2, 0.25) is 0 Å². The standard InChI is InChI=1S/C22H25NO2/c1-17(2)15-16-22(3,4)20(18-11-7-5-8-12-18)23-25-21(24)19-13-9-6-10-14-19/h5-15H,16H2,1-4H3/b23-20+. The number of rotatable bonds is 6. The highest BCUT2D eigenvalue weighted by molar-refractivity contribution is 6.04. The number of carbonyl (C=O) groups excluding carboxylic acids is 1. The van der Waals surface area contributed by atoms with E-state index in [1.165, 1.54) is 5.57 Å². The van der Waals surface area contributed by atoms with Crippen LogP contribution in [0.2, 0.25) is 0 Å². The third-order valence-corrected chi connectivity index (χ3v) is 3.94. The van der Waals surface area contributed by atoms with Crippen molar-refractivity contribution in [2.45, 2.75) is 34.1 Å². The van der Waals surface area contributed by atoms with Crippen molar-refractivity contribution in [2.24, 2.45) is 10.6 Å². The van der Waals surface area contributed by atoms with Crippen LogP contribution in [0.4, 0.5) is 0 Å². The summed E-state index contributed by atoms with van der Waals surface area (Å²) >= 11 is 0. The quantitative estimate of drug-likeness (QED) is 0.297. The number of hydrogen-bond donors (Lipinski definition) is 0. The molecule has 0 aliphatic carbocycles. The van der Waals surface area contributed by atoms with Gasteiger partial charge in [-0.1, -0.05) is 79.2 Å². The Labute approximate surface area is 150 Å². The monoisotopic (exact) mass is 335 g/mol. The number of nitrogens with zero attached hydrogens (tertiary/aromatic N) is 1. The molecule has 2 rings (SSSR count). The van der Waals surface area contributed by atoms with E-state index in [1.54, 1.807) is 24.3 Å². The minimum absolute atomic E-state index is 0.268. The van der Waals surface area contributed by atoms with E-state index in [-0.39, 0.29) is 5.41 Å². The summed E-state index contributed by atoms with van der Waals surface area (Å²) in [4.78, 5) is 17.5. The molecule has 3 heteroatoms. The largest absolute Gasteiger partial charge is 0.365 e. The number of oxime groups is 1. The SMILES string of the molecule is CC(C)=CCC(C)(C)/C(=N/OC(=O)c1ccccc1)c1ccccc1. The van der Waals surface area contributed by atoms with E-state index < -0.39 is 5.97 Å². The molecule has 3 nitrogen and oxygen atoms in total. The molecule has 2 aromatic carbocycles. The zero-order valence-electron chi connectivity index (χ0n) is 15.3. The highest BCUT2D eigenvalue weighted by Crippen LogP contribution is 2.28. The summed E-state index contributed by atoms with van der Waals surface area (Å²) in [5.74, 6) is -0.452. The maximum absolute atomic E-state index is 12.2. The van der Waals surface area contributed by atoms with Gasteiger partial charge in [0.1, 0.15) is 0 Å². The maximum atomic E-state index is 12.2. The third kappa shape index (κ3) is 5.42. The van der Waals surface area contributed by atoms with Crippen molar-refractivity contribution in [3.8, 4) is 0 Å². The molecule has 0 aromatic heterocycles. The Hall–Kier alpha value is -2.68. The molecule has 0 aliphatic heterocycles. The van der Waals surface area contributed by atoms with Crippen LogP contribution >= 0.6 is 0 Å². The average molecular weight is 335 g/mol. The van der Waals surface area contributed by atoms with E-state index in [0.29, 0.717) is 5.56 Å². The normalized spacial score (nSPS) is 11.8. The van der Waals surface area contributed by atoms with E-state index in [1.807, 2.05) is 36.4 Å². The molecule has 130 valence electrons. The minimum atomic E-state index is -0.452. The Kier molecular flexibility index (Phi) is 6.29. The second kappa shape index (κ2) is 8.43. The first-order chi connectivity index (χ1) is 11.9. The molecule has 0 saturated carbocycles. The van der Waals surface area contributed by atoms with Gasteiger partial charge >= 0.3 is 5.97 Å². The van der Waals surface area contributed by atoms with Crippen molar-refractivity contribution in [1.29, 1.82) is 0 Å². The van der Waals surface area contributed by atoms with E-state index in [4.69, 9.17) is 4.84 Å². The first kappa shape index (κ1) is 18.7. The first-order valence-corrected chi connectivity index (χ1v) is 8.44. The lowest BCUT2D eigenvalue weighted by molar-refractivity contribution is 0.0512. The molecular weight excluding hydrogens is 310 g/mol. The molecule has 0 aliphatic rings. The molecule has 0 spiro atoms. The van der Waals surface area contributed by atoms with Crippen LogP contribution < -0.4 is 0 Å². The lowest BCUT2D eigenvalue weighted by atomic mass is 9.80. The van der Waals surface area contributed by atoms with Crippen LogP contribution in [0.1, 0.15) is 50.0 Å². The molecule has 0 bridgehead atoms. The van der Waals surface area contributed by atoms with Gasteiger partial charge in [0.05, 0.1) is 11.3 Å². The van der Waals surface area contributed by atoms with Crippen molar-refractivity contribution < 1.29 is 9.63 Å². The molecule has 0 atom stereocenters. The first-order valence-electron chi connectivity index (χ1n) is 8.44. The predicted octanol–water partition coefficient (Wildman–Crippen LogP) is 5.63. The van der Waals surface area contributed by atoms with Crippen molar-refractivity contribution in [3.63, 3.8) is 0 Å². The van der Waals surface area contributed by atoms with Crippen LogP contribution in [0.15, 0.2) is 77.5 Å². The smallest absolute Gasteiger partial charge is 0.313 e. The molecule has 0 heterocycles. The lowest BCUT2D eigenvalue weighted by Gasteiger charge is -2.25. The van der Waals surface area contributed by atoms with E-state index in [0.717, 1.165) is 17.7 Å². The Morgan fingerprint density at radius 3 is 2.00 bits per heavy atom. The highest BCUT2D eigenvalue weighted by Gasteiger charge is 2.26. The molecule has 0 N–H and O–H groups in total. The minimum Gasteiger partial charge on any atom is -0.313 e. The fourth-order valence-corrected chi connectivity index (χ4v) is 2.43. The zero-order chi connectivity index (χ0) is 18.3. The number of carbonyl (C=O) groups is 1. The maximum Gasteiger partial charge on any atom is 0.365 e. The number of allylic oxidation sites excluding steroid dienone is 2. The van der Waals surface area contributed by atoms with E-state index in [2.05, 4.69) is 38.9 Å². The van der Waals surface area contributed by atoms with Gasteiger partial charge in [-0.2, -0.15) is 0 Å². The van der Waals surface area contributed by atoms with Crippen molar-refractivity contribution in [2.75, 3.05) is 0 Å². The summed E-state index contributed by atoms with van der Waals surface area (Å²) in [7, 11) is 0. The Bertz CT molecular complexity index is 755. The predicted molar refractivity (Wildman–Crippen MR) is 103 cm³/mol. The van der Waals surface area contributed by atoms with Crippen LogP contribution in [0.3, 0.4) is 0 Å². The average Bonchev–Trinajstić information content (AvgIpc) is 2.61.